The maximum Gasteiger partial charge on any atom is 0.323 e. The lowest BCUT2D eigenvalue weighted by atomic mass is 10.4. The predicted octanol–water partition coefficient (Wildman–Crippen LogP) is 2.32. The van der Waals surface area contributed by atoms with E-state index in [1.807, 2.05) is 20.8 Å². The van der Waals surface area contributed by atoms with Gasteiger partial charge in [0.05, 0.1) is 5.69 Å². The van der Waals surface area contributed by atoms with Gasteiger partial charge in [-0.15, -0.1) is 11.3 Å². The summed E-state index contributed by atoms with van der Waals surface area (Å²) in [4.78, 5) is 18.6. The molecule has 4 nitrogen and oxygen atoms in total. The number of carbonyl (C=O) groups is 1. The van der Waals surface area contributed by atoms with Gasteiger partial charge in [-0.3, -0.25) is 4.90 Å². The molecule has 0 atom stereocenters. The minimum absolute atomic E-state index is 0.0920. The number of nitrogens with zero attached hydrogens (tertiary/aromatic N) is 2. The Balaban J connectivity index is 2.67. The topological polar surface area (TPSA) is 45.2 Å². The molecule has 0 aliphatic carbocycles. The van der Waals surface area contributed by atoms with Gasteiger partial charge in [0.15, 0.2) is 5.13 Å². The van der Waals surface area contributed by atoms with Gasteiger partial charge in [0.25, 0.3) is 0 Å². The molecule has 0 aliphatic rings. The third kappa shape index (κ3) is 2.92. The third-order valence-corrected chi connectivity index (χ3v) is 3.28. The lowest BCUT2D eigenvalue weighted by Crippen LogP contribution is -2.37. The predicted molar refractivity (Wildman–Crippen MR) is 63.7 cm³/mol. The van der Waals surface area contributed by atoms with Crippen LogP contribution in [0.1, 0.15) is 23.9 Å². The van der Waals surface area contributed by atoms with E-state index < -0.39 is 0 Å². The molecule has 84 valence electrons. The minimum Gasteiger partial charge on any atom is -0.338 e. The Hall–Kier alpha value is -1.10. The first-order valence-electron chi connectivity index (χ1n) is 5.01. The van der Waals surface area contributed by atoms with Crippen molar-refractivity contribution in [2.45, 2.75) is 27.2 Å². The third-order valence-electron chi connectivity index (χ3n) is 2.14. The number of aryl methyl sites for hydroxylation is 2. The minimum atomic E-state index is -0.0920. The zero-order valence-corrected chi connectivity index (χ0v) is 10.4. The van der Waals surface area contributed by atoms with Crippen LogP contribution in [0, 0.1) is 13.8 Å². The summed E-state index contributed by atoms with van der Waals surface area (Å²) in [5.41, 5.74) is 0.991. The average Bonchev–Trinajstić information content (AvgIpc) is 2.54. The highest BCUT2D eigenvalue weighted by atomic mass is 32.1. The van der Waals surface area contributed by atoms with E-state index in [9.17, 15) is 4.79 Å². The molecule has 1 N–H and O–H groups in total. The monoisotopic (exact) mass is 227 g/mol. The van der Waals surface area contributed by atoms with Crippen molar-refractivity contribution < 1.29 is 4.79 Å². The van der Waals surface area contributed by atoms with Gasteiger partial charge in [0.2, 0.25) is 0 Å². The largest absolute Gasteiger partial charge is 0.338 e. The maximum absolute atomic E-state index is 11.6. The molecule has 1 aromatic rings. The van der Waals surface area contributed by atoms with Crippen molar-refractivity contribution in [3.8, 4) is 0 Å². The standard InChI is InChI=1S/C10H17N3OS/c1-5-6-11-9(14)13(4)10-12-7(2)8(3)15-10/h5-6H2,1-4H3,(H,11,14). The van der Waals surface area contributed by atoms with Gasteiger partial charge in [-0.05, 0) is 20.3 Å². The zero-order valence-electron chi connectivity index (χ0n) is 9.63. The molecule has 5 heteroatoms. The molecular formula is C10H17N3OS. The van der Waals surface area contributed by atoms with Gasteiger partial charge in [0.1, 0.15) is 0 Å². The molecule has 0 fully saturated rings. The lowest BCUT2D eigenvalue weighted by Gasteiger charge is -2.14. The van der Waals surface area contributed by atoms with Crippen molar-refractivity contribution in [1.29, 1.82) is 0 Å². The molecule has 15 heavy (non-hydrogen) atoms. The summed E-state index contributed by atoms with van der Waals surface area (Å²) in [5, 5.41) is 3.56. The second kappa shape index (κ2) is 5.11. The van der Waals surface area contributed by atoms with Crippen LogP contribution < -0.4 is 10.2 Å². The fourth-order valence-electron chi connectivity index (χ4n) is 1.04. The summed E-state index contributed by atoms with van der Waals surface area (Å²) in [6.07, 6.45) is 0.940. The van der Waals surface area contributed by atoms with E-state index in [1.165, 1.54) is 11.3 Å². The number of aromatic nitrogens is 1. The number of nitrogens with one attached hydrogen (secondary N) is 1. The number of anilines is 1. The second-order valence-corrected chi connectivity index (χ2v) is 4.61. The molecule has 1 rings (SSSR count). The highest BCUT2D eigenvalue weighted by molar-refractivity contribution is 7.15. The van der Waals surface area contributed by atoms with Crippen LogP contribution in [0.2, 0.25) is 0 Å². The van der Waals surface area contributed by atoms with Crippen molar-refractivity contribution in [3.05, 3.63) is 10.6 Å². The highest BCUT2D eigenvalue weighted by Gasteiger charge is 2.14. The van der Waals surface area contributed by atoms with E-state index >= 15 is 0 Å². The molecular weight excluding hydrogens is 210 g/mol. The summed E-state index contributed by atoms with van der Waals surface area (Å²) in [6, 6.07) is -0.0920. The van der Waals surface area contributed by atoms with Crippen LogP contribution in [0.15, 0.2) is 0 Å². The Bertz CT molecular complexity index is 329. The molecule has 0 bridgehead atoms. The molecule has 2 amide bonds. The van der Waals surface area contributed by atoms with Crippen molar-refractivity contribution in [2.75, 3.05) is 18.5 Å². The molecule has 0 unspecified atom stereocenters. The van der Waals surface area contributed by atoms with E-state index in [-0.39, 0.29) is 6.03 Å². The zero-order chi connectivity index (χ0) is 11.4. The van der Waals surface area contributed by atoms with Crippen LogP contribution in [-0.2, 0) is 0 Å². The quantitative estimate of drug-likeness (QED) is 0.861. The first kappa shape index (κ1) is 12.0. The highest BCUT2D eigenvalue weighted by Crippen LogP contribution is 2.23. The first-order chi connectivity index (χ1) is 7.06. The number of rotatable bonds is 3. The van der Waals surface area contributed by atoms with Crippen LogP contribution in [-0.4, -0.2) is 24.6 Å². The summed E-state index contributed by atoms with van der Waals surface area (Å²) in [5.74, 6) is 0. The molecule has 0 saturated carbocycles. The first-order valence-corrected chi connectivity index (χ1v) is 5.83. The molecule has 0 saturated heterocycles. The number of hydrogen-bond donors (Lipinski definition) is 1. The molecule has 0 radical (unpaired) electrons. The van der Waals surface area contributed by atoms with Gasteiger partial charge in [-0.25, -0.2) is 9.78 Å². The van der Waals surface area contributed by atoms with Crippen LogP contribution in [0.4, 0.5) is 9.93 Å². The van der Waals surface area contributed by atoms with Gasteiger partial charge in [-0.2, -0.15) is 0 Å². The number of carbonyl (C=O) groups excluding carboxylic acids is 1. The Morgan fingerprint density at radius 3 is 2.67 bits per heavy atom. The van der Waals surface area contributed by atoms with Crippen molar-refractivity contribution in [1.82, 2.24) is 10.3 Å². The Kier molecular flexibility index (Phi) is 4.08. The van der Waals surface area contributed by atoms with E-state index in [0.717, 1.165) is 22.1 Å². The normalized spacial score (nSPS) is 10.1. The van der Waals surface area contributed by atoms with Crippen molar-refractivity contribution >= 4 is 22.5 Å². The summed E-state index contributed by atoms with van der Waals surface area (Å²) >= 11 is 1.54. The van der Waals surface area contributed by atoms with Crippen LogP contribution in [0.3, 0.4) is 0 Å². The summed E-state index contributed by atoms with van der Waals surface area (Å²) in [7, 11) is 1.74. The second-order valence-electron chi connectivity index (χ2n) is 3.43. The molecule has 0 aliphatic heterocycles. The molecule has 0 spiro atoms. The SMILES string of the molecule is CCCNC(=O)N(C)c1nc(C)c(C)s1. The van der Waals surface area contributed by atoms with E-state index in [2.05, 4.69) is 10.3 Å². The van der Waals surface area contributed by atoms with Gasteiger partial charge < -0.3 is 5.32 Å². The van der Waals surface area contributed by atoms with Gasteiger partial charge >= 0.3 is 6.03 Å². The van der Waals surface area contributed by atoms with Crippen molar-refractivity contribution in [3.63, 3.8) is 0 Å². The fourth-order valence-corrected chi connectivity index (χ4v) is 1.91. The molecule has 1 aromatic heterocycles. The fraction of sp³-hybridized carbons (Fsp3) is 0.600. The number of amides is 2. The van der Waals surface area contributed by atoms with Crippen LogP contribution in [0.5, 0.6) is 0 Å². The van der Waals surface area contributed by atoms with Gasteiger partial charge in [0, 0.05) is 18.5 Å². The lowest BCUT2D eigenvalue weighted by molar-refractivity contribution is 0.247. The van der Waals surface area contributed by atoms with Gasteiger partial charge in [-0.1, -0.05) is 6.92 Å². The smallest absolute Gasteiger partial charge is 0.323 e. The van der Waals surface area contributed by atoms with E-state index in [4.69, 9.17) is 0 Å². The van der Waals surface area contributed by atoms with Crippen LogP contribution in [0.25, 0.3) is 0 Å². The number of thiazole rings is 1. The van der Waals surface area contributed by atoms with Crippen LogP contribution >= 0.6 is 11.3 Å². The number of urea groups is 1. The maximum atomic E-state index is 11.6. The summed E-state index contributed by atoms with van der Waals surface area (Å²) in [6.45, 7) is 6.69. The Morgan fingerprint density at radius 1 is 1.53 bits per heavy atom. The Labute approximate surface area is 94.3 Å². The summed E-state index contributed by atoms with van der Waals surface area (Å²) < 4.78 is 0. The average molecular weight is 227 g/mol. The molecule has 0 aromatic carbocycles. The molecule has 1 heterocycles. The Morgan fingerprint density at radius 2 is 2.20 bits per heavy atom. The van der Waals surface area contributed by atoms with Crippen molar-refractivity contribution in [2.24, 2.45) is 0 Å². The van der Waals surface area contributed by atoms with E-state index in [0.29, 0.717) is 6.54 Å². The van der Waals surface area contributed by atoms with E-state index in [1.54, 1.807) is 11.9 Å². The number of hydrogen-bond acceptors (Lipinski definition) is 3.